The van der Waals surface area contributed by atoms with E-state index in [0.29, 0.717) is 24.1 Å². The molecule has 2 heterocycles. The zero-order valence-electron chi connectivity index (χ0n) is 22.9. The molecular weight excluding hydrogens is 538 g/mol. The number of piperidine rings is 1. The zero-order valence-corrected chi connectivity index (χ0v) is 24.5. The number of amides is 1. The van der Waals surface area contributed by atoms with Crippen LogP contribution in [-0.2, 0) is 5.41 Å². The summed E-state index contributed by atoms with van der Waals surface area (Å²) in [4.78, 5) is 18.7. The number of carbonyl (C=O) groups excluding carboxylic acids is 1. The number of halogens is 1. The number of likely N-dealkylation sites (N-methyl/N-ethyl adjacent to an activating group) is 1. The molecule has 2 unspecified atom stereocenters. The number of furan rings is 1. The second kappa shape index (κ2) is 12.0. The number of nitrogens with one attached hydrogen (secondary N) is 1. The van der Waals surface area contributed by atoms with Crippen molar-refractivity contribution in [3.8, 4) is 0 Å². The standard InChI is InChI=1S/C33H36ClN3O2S/c1-36(32(38)30-12-6-18-39-30)23-33(26-9-5-10-28(34)19-26)20-27(33)22-37-16-14-24(15-17-37)21-35-40-31-13-4-8-25-7-2-3-11-29(25)31/h2-13,18-19,24,27,35H,14-17,20-23H2,1H3. The highest BCUT2D eigenvalue weighted by Crippen LogP contribution is 2.55. The van der Waals surface area contributed by atoms with Crippen LogP contribution in [0, 0.1) is 11.8 Å². The molecule has 1 N–H and O–H groups in total. The van der Waals surface area contributed by atoms with E-state index in [1.165, 1.54) is 34.1 Å². The van der Waals surface area contributed by atoms with Crippen molar-refractivity contribution in [1.82, 2.24) is 14.5 Å². The van der Waals surface area contributed by atoms with E-state index in [-0.39, 0.29) is 11.3 Å². The molecule has 0 bridgehead atoms. The molecule has 6 rings (SSSR count). The maximum absolute atomic E-state index is 13.0. The molecule has 1 aliphatic heterocycles. The molecule has 2 fully saturated rings. The molecule has 7 heteroatoms. The first-order valence-electron chi connectivity index (χ1n) is 14.2. The van der Waals surface area contributed by atoms with Crippen molar-refractivity contribution in [2.24, 2.45) is 11.8 Å². The van der Waals surface area contributed by atoms with Crippen molar-refractivity contribution in [3.05, 3.63) is 101 Å². The number of hydrogen-bond donors (Lipinski definition) is 1. The van der Waals surface area contributed by atoms with Gasteiger partial charge in [0, 0.05) is 42.0 Å². The number of hydrogen-bond acceptors (Lipinski definition) is 5. The van der Waals surface area contributed by atoms with Crippen molar-refractivity contribution in [1.29, 1.82) is 0 Å². The van der Waals surface area contributed by atoms with Gasteiger partial charge in [-0.05, 0) is 103 Å². The van der Waals surface area contributed by atoms with Crippen LogP contribution in [0.2, 0.25) is 5.02 Å². The van der Waals surface area contributed by atoms with Gasteiger partial charge in [-0.1, -0.05) is 60.1 Å². The Labute approximate surface area is 246 Å². The van der Waals surface area contributed by atoms with Gasteiger partial charge in [-0.25, -0.2) is 0 Å². The van der Waals surface area contributed by atoms with Gasteiger partial charge < -0.3 is 14.2 Å². The predicted molar refractivity (Wildman–Crippen MR) is 164 cm³/mol. The minimum Gasteiger partial charge on any atom is -0.459 e. The first kappa shape index (κ1) is 27.4. The average Bonchev–Trinajstić information content (AvgIpc) is 3.37. The van der Waals surface area contributed by atoms with E-state index in [2.05, 4.69) is 64.2 Å². The number of rotatable bonds is 10. The maximum atomic E-state index is 13.0. The topological polar surface area (TPSA) is 48.7 Å². The molecule has 4 aromatic rings. The van der Waals surface area contributed by atoms with Gasteiger partial charge in [-0.15, -0.1) is 0 Å². The molecule has 2 atom stereocenters. The molecule has 2 aliphatic rings. The van der Waals surface area contributed by atoms with Crippen LogP contribution in [0.1, 0.15) is 35.4 Å². The molecule has 3 aromatic carbocycles. The summed E-state index contributed by atoms with van der Waals surface area (Å²) in [7, 11) is 1.88. The molecule has 0 radical (unpaired) electrons. The number of nitrogens with zero attached hydrogens (tertiary/aromatic N) is 2. The average molecular weight is 574 g/mol. The van der Waals surface area contributed by atoms with Crippen LogP contribution in [0.3, 0.4) is 0 Å². The van der Waals surface area contributed by atoms with Crippen LogP contribution in [0.4, 0.5) is 0 Å². The fraction of sp³-hybridized carbons (Fsp3) is 0.364. The minimum atomic E-state index is -0.0771. The number of fused-ring (bicyclic) bond motifs is 1. The second-order valence-electron chi connectivity index (χ2n) is 11.4. The fourth-order valence-electron chi connectivity index (χ4n) is 6.35. The largest absolute Gasteiger partial charge is 0.459 e. The Balaban J connectivity index is 1.03. The molecule has 1 aliphatic carbocycles. The molecule has 1 saturated carbocycles. The summed E-state index contributed by atoms with van der Waals surface area (Å²) in [6, 6.07) is 26.8. The van der Waals surface area contributed by atoms with E-state index in [0.717, 1.165) is 37.6 Å². The van der Waals surface area contributed by atoms with Gasteiger partial charge in [-0.3, -0.25) is 9.52 Å². The first-order valence-corrected chi connectivity index (χ1v) is 15.4. The molecule has 40 heavy (non-hydrogen) atoms. The highest BCUT2D eigenvalue weighted by Gasteiger charge is 2.56. The van der Waals surface area contributed by atoms with Gasteiger partial charge in [-0.2, -0.15) is 0 Å². The van der Waals surface area contributed by atoms with Gasteiger partial charge in [0.2, 0.25) is 0 Å². The van der Waals surface area contributed by atoms with E-state index in [1.54, 1.807) is 30.3 Å². The van der Waals surface area contributed by atoms with Crippen LogP contribution in [0.5, 0.6) is 0 Å². The predicted octanol–water partition coefficient (Wildman–Crippen LogP) is 7.13. The minimum absolute atomic E-state index is 0.0740. The summed E-state index contributed by atoms with van der Waals surface area (Å²) in [6.07, 6.45) is 5.02. The molecule has 0 spiro atoms. The highest BCUT2D eigenvalue weighted by molar-refractivity contribution is 7.97. The Hall–Kier alpha value is -2.77. The van der Waals surface area contributed by atoms with E-state index in [9.17, 15) is 4.79 Å². The zero-order chi connectivity index (χ0) is 27.5. The SMILES string of the molecule is CN(CC1(c2cccc(Cl)c2)CC1CN1CCC(CNSc2cccc3ccccc23)CC1)C(=O)c1ccco1. The third-order valence-electron chi connectivity index (χ3n) is 8.72. The van der Waals surface area contributed by atoms with Crippen LogP contribution >= 0.6 is 23.5 Å². The van der Waals surface area contributed by atoms with Gasteiger partial charge in [0.25, 0.3) is 5.91 Å². The summed E-state index contributed by atoms with van der Waals surface area (Å²) >= 11 is 8.17. The third kappa shape index (κ3) is 5.96. The molecular formula is C33H36ClN3O2S. The Kier molecular flexibility index (Phi) is 8.22. The lowest BCUT2D eigenvalue weighted by atomic mass is 9.91. The van der Waals surface area contributed by atoms with Crippen LogP contribution in [0.15, 0.2) is 94.4 Å². The smallest absolute Gasteiger partial charge is 0.289 e. The van der Waals surface area contributed by atoms with Gasteiger partial charge in [0.15, 0.2) is 5.76 Å². The van der Waals surface area contributed by atoms with Crippen LogP contribution in [-0.4, -0.2) is 55.5 Å². The number of benzene rings is 3. The van der Waals surface area contributed by atoms with Crippen molar-refractivity contribution in [2.45, 2.75) is 29.6 Å². The van der Waals surface area contributed by atoms with Gasteiger partial charge >= 0.3 is 0 Å². The lowest BCUT2D eigenvalue weighted by Gasteiger charge is -2.33. The molecule has 1 saturated heterocycles. The quantitative estimate of drug-likeness (QED) is 0.205. The van der Waals surface area contributed by atoms with E-state index < -0.39 is 0 Å². The van der Waals surface area contributed by atoms with Crippen molar-refractivity contribution in [2.75, 3.05) is 39.8 Å². The van der Waals surface area contributed by atoms with Crippen molar-refractivity contribution >= 4 is 40.2 Å². The Morgan fingerprint density at radius 2 is 1.88 bits per heavy atom. The molecule has 1 aromatic heterocycles. The monoisotopic (exact) mass is 573 g/mol. The Morgan fingerprint density at radius 3 is 2.67 bits per heavy atom. The first-order chi connectivity index (χ1) is 19.5. The summed E-state index contributed by atoms with van der Waals surface area (Å²) < 4.78 is 9.03. The maximum Gasteiger partial charge on any atom is 0.289 e. The van der Waals surface area contributed by atoms with Crippen molar-refractivity contribution < 1.29 is 9.21 Å². The van der Waals surface area contributed by atoms with E-state index in [4.69, 9.17) is 16.0 Å². The lowest BCUT2D eigenvalue weighted by molar-refractivity contribution is 0.0744. The van der Waals surface area contributed by atoms with E-state index >= 15 is 0 Å². The van der Waals surface area contributed by atoms with Gasteiger partial charge in [0.05, 0.1) is 6.26 Å². The third-order valence-corrected chi connectivity index (χ3v) is 9.84. The molecule has 1 amide bonds. The Bertz CT molecular complexity index is 1450. The second-order valence-corrected chi connectivity index (χ2v) is 12.7. The fourth-order valence-corrected chi connectivity index (χ4v) is 7.45. The van der Waals surface area contributed by atoms with Crippen LogP contribution < -0.4 is 4.72 Å². The summed E-state index contributed by atoms with van der Waals surface area (Å²) in [6.45, 7) is 4.98. The normalized spacial score (nSPS) is 21.5. The number of likely N-dealkylation sites (tertiary alicyclic amines) is 1. The lowest BCUT2D eigenvalue weighted by Crippen LogP contribution is -2.40. The highest BCUT2D eigenvalue weighted by atomic mass is 35.5. The summed E-state index contributed by atoms with van der Waals surface area (Å²) in [5, 5.41) is 3.34. The van der Waals surface area contributed by atoms with Crippen molar-refractivity contribution in [3.63, 3.8) is 0 Å². The van der Waals surface area contributed by atoms with Crippen LogP contribution in [0.25, 0.3) is 10.8 Å². The Morgan fingerprint density at radius 1 is 1.07 bits per heavy atom. The summed E-state index contributed by atoms with van der Waals surface area (Å²) in [5.41, 5.74) is 1.16. The summed E-state index contributed by atoms with van der Waals surface area (Å²) in [5.74, 6) is 1.49. The molecule has 5 nitrogen and oxygen atoms in total. The number of carbonyl (C=O) groups is 1. The van der Waals surface area contributed by atoms with E-state index in [1.807, 2.05) is 24.1 Å². The molecule has 208 valence electrons. The van der Waals surface area contributed by atoms with Gasteiger partial charge in [0.1, 0.15) is 0 Å².